The van der Waals surface area contributed by atoms with Crippen LogP contribution in [0, 0.1) is 0 Å². The summed E-state index contributed by atoms with van der Waals surface area (Å²) in [6.45, 7) is 5.84. The Kier molecular flexibility index (Phi) is 9.84. The molecule has 0 amide bonds. The Morgan fingerprint density at radius 3 is 1.82 bits per heavy atom. The first-order chi connectivity index (χ1) is 8.00. The molecule has 0 saturated heterocycles. The Labute approximate surface area is 107 Å². The molecule has 0 rings (SSSR count). The highest BCUT2D eigenvalue weighted by Gasteiger charge is 2.15. The highest BCUT2D eigenvalue weighted by Crippen LogP contribution is 2.09. The molecule has 0 N–H and O–H groups in total. The van der Waals surface area contributed by atoms with Gasteiger partial charge in [0.05, 0.1) is 11.9 Å². The molecule has 0 spiro atoms. The van der Waals surface area contributed by atoms with Gasteiger partial charge in [0.1, 0.15) is 0 Å². The molecule has 0 aliphatic rings. The molecular weight excluding hydrogens is 236 g/mol. The Morgan fingerprint density at radius 1 is 0.882 bits per heavy atom. The van der Waals surface area contributed by atoms with Gasteiger partial charge in [-0.2, -0.15) is 8.42 Å². The number of unbranched alkanes of at least 4 members (excludes halogenated alkanes) is 7. The minimum atomic E-state index is -3.30. The lowest BCUT2D eigenvalue weighted by Crippen LogP contribution is -2.17. The quantitative estimate of drug-likeness (QED) is 0.420. The summed E-state index contributed by atoms with van der Waals surface area (Å²) in [5, 5.41) is -0.434. The summed E-state index contributed by atoms with van der Waals surface area (Å²) in [4.78, 5) is 0. The second-order valence-electron chi connectivity index (χ2n) is 4.84. The number of hydrogen-bond acceptors (Lipinski definition) is 3. The fourth-order valence-corrected chi connectivity index (χ4v) is 2.17. The van der Waals surface area contributed by atoms with Crippen LogP contribution in [0.2, 0.25) is 0 Å². The molecule has 0 bridgehead atoms. The fraction of sp³-hybridized carbons (Fsp3) is 1.00. The maximum atomic E-state index is 11.3. The SMILES string of the molecule is CCCCCCCCCCOS(=O)(=O)C(C)C. The van der Waals surface area contributed by atoms with E-state index in [9.17, 15) is 8.42 Å². The van der Waals surface area contributed by atoms with Crippen LogP contribution in [0.3, 0.4) is 0 Å². The van der Waals surface area contributed by atoms with Crippen LogP contribution in [0.5, 0.6) is 0 Å². The zero-order valence-electron chi connectivity index (χ0n) is 11.6. The van der Waals surface area contributed by atoms with Crippen LogP contribution >= 0.6 is 0 Å². The maximum absolute atomic E-state index is 11.3. The zero-order valence-corrected chi connectivity index (χ0v) is 12.4. The van der Waals surface area contributed by atoms with Gasteiger partial charge < -0.3 is 0 Å². The van der Waals surface area contributed by atoms with Crippen LogP contribution in [-0.4, -0.2) is 20.3 Å². The number of hydrogen-bond donors (Lipinski definition) is 0. The third-order valence-electron chi connectivity index (χ3n) is 2.82. The molecule has 0 aliphatic carbocycles. The summed E-state index contributed by atoms with van der Waals surface area (Å²) in [5.74, 6) is 0. The van der Waals surface area contributed by atoms with Crippen LogP contribution in [0.15, 0.2) is 0 Å². The van der Waals surface area contributed by atoms with E-state index in [1.54, 1.807) is 13.8 Å². The van der Waals surface area contributed by atoms with Crippen LogP contribution in [0.1, 0.15) is 72.1 Å². The molecule has 17 heavy (non-hydrogen) atoms. The molecule has 104 valence electrons. The predicted molar refractivity (Wildman–Crippen MR) is 72.6 cm³/mol. The van der Waals surface area contributed by atoms with E-state index < -0.39 is 15.4 Å². The third-order valence-corrected chi connectivity index (χ3v) is 4.47. The standard InChI is InChI=1S/C13H28O3S/c1-4-5-6-7-8-9-10-11-12-16-17(14,15)13(2)3/h13H,4-12H2,1-3H3. The summed E-state index contributed by atoms with van der Waals surface area (Å²) < 4.78 is 27.5. The average Bonchev–Trinajstić information content (AvgIpc) is 2.26. The van der Waals surface area contributed by atoms with E-state index in [1.165, 1.54) is 38.5 Å². The highest BCUT2D eigenvalue weighted by atomic mass is 32.2. The van der Waals surface area contributed by atoms with Crippen molar-refractivity contribution in [3.63, 3.8) is 0 Å². The molecule has 4 heteroatoms. The highest BCUT2D eigenvalue weighted by molar-refractivity contribution is 7.87. The van der Waals surface area contributed by atoms with Crippen LogP contribution in [-0.2, 0) is 14.3 Å². The van der Waals surface area contributed by atoms with Gasteiger partial charge in [-0.05, 0) is 20.3 Å². The molecule has 0 aliphatic heterocycles. The van der Waals surface area contributed by atoms with Crippen molar-refractivity contribution in [3.05, 3.63) is 0 Å². The first-order valence-corrected chi connectivity index (χ1v) is 8.36. The van der Waals surface area contributed by atoms with Gasteiger partial charge in [0, 0.05) is 0 Å². The molecule has 0 aromatic carbocycles. The van der Waals surface area contributed by atoms with Crippen LogP contribution < -0.4 is 0 Å². The summed E-state index contributed by atoms with van der Waals surface area (Å²) in [6.07, 6.45) is 9.61. The minimum absolute atomic E-state index is 0.343. The van der Waals surface area contributed by atoms with Crippen molar-refractivity contribution < 1.29 is 12.6 Å². The molecule has 0 heterocycles. The van der Waals surface area contributed by atoms with Gasteiger partial charge in [-0.1, -0.05) is 51.9 Å². The van der Waals surface area contributed by atoms with Gasteiger partial charge in [0.15, 0.2) is 0 Å². The normalized spacial score (nSPS) is 12.2. The predicted octanol–water partition coefficient (Wildman–Crippen LogP) is 3.88. The fourth-order valence-electron chi connectivity index (χ4n) is 1.55. The molecule has 0 aromatic heterocycles. The van der Waals surface area contributed by atoms with Gasteiger partial charge in [0.25, 0.3) is 10.1 Å². The molecule has 0 saturated carbocycles. The number of rotatable bonds is 11. The Bertz CT molecular complexity index is 258. The lowest BCUT2D eigenvalue weighted by atomic mass is 10.1. The largest absolute Gasteiger partial charge is 0.270 e. The van der Waals surface area contributed by atoms with Gasteiger partial charge in [-0.25, -0.2) is 0 Å². The summed E-state index contributed by atoms with van der Waals surface area (Å²) in [5.41, 5.74) is 0. The second-order valence-corrected chi connectivity index (χ2v) is 7.00. The third kappa shape index (κ3) is 9.60. The van der Waals surface area contributed by atoms with E-state index in [4.69, 9.17) is 4.18 Å². The maximum Gasteiger partial charge on any atom is 0.269 e. The van der Waals surface area contributed by atoms with E-state index in [0.717, 1.165) is 12.8 Å². The van der Waals surface area contributed by atoms with E-state index in [2.05, 4.69) is 6.92 Å². The van der Waals surface area contributed by atoms with E-state index >= 15 is 0 Å². The lowest BCUT2D eigenvalue weighted by Gasteiger charge is -2.07. The van der Waals surface area contributed by atoms with Crippen molar-refractivity contribution >= 4 is 10.1 Å². The first kappa shape index (κ1) is 16.9. The topological polar surface area (TPSA) is 43.4 Å². The zero-order chi connectivity index (χ0) is 13.1. The molecular formula is C13H28O3S. The first-order valence-electron chi connectivity index (χ1n) is 6.89. The molecule has 3 nitrogen and oxygen atoms in total. The molecule has 0 aromatic rings. The van der Waals surface area contributed by atoms with E-state index in [1.807, 2.05) is 0 Å². The van der Waals surface area contributed by atoms with Gasteiger partial charge >= 0.3 is 0 Å². The Hall–Kier alpha value is -0.0900. The minimum Gasteiger partial charge on any atom is -0.270 e. The van der Waals surface area contributed by atoms with Gasteiger partial charge in [-0.3, -0.25) is 4.18 Å². The molecule has 0 unspecified atom stereocenters. The Morgan fingerprint density at radius 2 is 1.35 bits per heavy atom. The van der Waals surface area contributed by atoms with Crippen LogP contribution in [0.4, 0.5) is 0 Å². The van der Waals surface area contributed by atoms with Crippen molar-refractivity contribution in [3.8, 4) is 0 Å². The second kappa shape index (κ2) is 9.89. The van der Waals surface area contributed by atoms with Crippen molar-refractivity contribution in [1.82, 2.24) is 0 Å². The monoisotopic (exact) mass is 264 g/mol. The average molecular weight is 264 g/mol. The lowest BCUT2D eigenvalue weighted by molar-refractivity contribution is 0.302. The molecule has 0 fully saturated rings. The van der Waals surface area contributed by atoms with Crippen LogP contribution in [0.25, 0.3) is 0 Å². The van der Waals surface area contributed by atoms with Gasteiger partial charge in [-0.15, -0.1) is 0 Å². The smallest absolute Gasteiger partial charge is 0.269 e. The van der Waals surface area contributed by atoms with Crippen molar-refractivity contribution in [2.45, 2.75) is 77.4 Å². The summed E-state index contributed by atoms with van der Waals surface area (Å²) >= 11 is 0. The van der Waals surface area contributed by atoms with Gasteiger partial charge in [0.2, 0.25) is 0 Å². The van der Waals surface area contributed by atoms with Crippen molar-refractivity contribution in [2.75, 3.05) is 6.61 Å². The van der Waals surface area contributed by atoms with Crippen molar-refractivity contribution in [1.29, 1.82) is 0 Å². The Balaban J connectivity index is 3.30. The molecule has 0 atom stereocenters. The van der Waals surface area contributed by atoms with E-state index in [-0.39, 0.29) is 0 Å². The summed E-state index contributed by atoms with van der Waals surface area (Å²) in [6, 6.07) is 0. The molecule has 0 radical (unpaired) electrons. The van der Waals surface area contributed by atoms with E-state index in [0.29, 0.717) is 6.61 Å². The summed E-state index contributed by atoms with van der Waals surface area (Å²) in [7, 11) is -3.30. The van der Waals surface area contributed by atoms with Crippen molar-refractivity contribution in [2.24, 2.45) is 0 Å².